The fourth-order valence-electron chi connectivity index (χ4n) is 3.64. The van der Waals surface area contributed by atoms with Crippen molar-refractivity contribution in [2.45, 2.75) is 44.7 Å². The van der Waals surface area contributed by atoms with Crippen molar-refractivity contribution in [1.29, 1.82) is 0 Å². The SMILES string of the molecule is Cc1ncc(-c2ccnc(NC3CCOCC3)n2)n1C1CCOCC1. The summed E-state index contributed by atoms with van der Waals surface area (Å²) in [5.41, 5.74) is 1.97. The van der Waals surface area contributed by atoms with E-state index >= 15 is 0 Å². The molecule has 2 saturated heterocycles. The van der Waals surface area contributed by atoms with Crippen LogP contribution in [-0.4, -0.2) is 52.0 Å². The van der Waals surface area contributed by atoms with Crippen LogP contribution < -0.4 is 5.32 Å². The predicted molar refractivity (Wildman–Crippen MR) is 94.5 cm³/mol. The van der Waals surface area contributed by atoms with Gasteiger partial charge in [0, 0.05) is 44.7 Å². The molecular formula is C18H25N5O2. The summed E-state index contributed by atoms with van der Waals surface area (Å²) in [4.78, 5) is 13.7. The molecule has 4 heterocycles. The maximum absolute atomic E-state index is 5.51. The van der Waals surface area contributed by atoms with E-state index in [-0.39, 0.29) is 0 Å². The van der Waals surface area contributed by atoms with Gasteiger partial charge in [0.05, 0.1) is 17.6 Å². The van der Waals surface area contributed by atoms with Gasteiger partial charge in [0.2, 0.25) is 5.95 Å². The highest BCUT2D eigenvalue weighted by Gasteiger charge is 2.22. The molecule has 2 aromatic heterocycles. The molecule has 7 heteroatoms. The molecule has 0 aromatic carbocycles. The molecule has 0 amide bonds. The van der Waals surface area contributed by atoms with Crippen LogP contribution in [0.4, 0.5) is 5.95 Å². The molecular weight excluding hydrogens is 318 g/mol. The standard InChI is InChI=1S/C18H25N5O2/c1-13-20-12-17(23(13)15-5-10-25-11-6-15)16-2-7-19-18(22-16)21-14-3-8-24-9-4-14/h2,7,12,14-15H,3-6,8-11H2,1H3,(H,19,21,22). The zero-order chi connectivity index (χ0) is 17.1. The zero-order valence-corrected chi connectivity index (χ0v) is 14.6. The van der Waals surface area contributed by atoms with E-state index in [2.05, 4.69) is 26.8 Å². The number of aryl methyl sites for hydroxylation is 1. The lowest BCUT2D eigenvalue weighted by molar-refractivity contribution is 0.0694. The van der Waals surface area contributed by atoms with Crippen LogP contribution in [0.5, 0.6) is 0 Å². The summed E-state index contributed by atoms with van der Waals surface area (Å²) in [7, 11) is 0. The lowest BCUT2D eigenvalue weighted by Crippen LogP contribution is -2.28. The number of hydrogen-bond acceptors (Lipinski definition) is 6. The monoisotopic (exact) mass is 343 g/mol. The van der Waals surface area contributed by atoms with Crippen LogP contribution in [0, 0.1) is 6.92 Å². The highest BCUT2D eigenvalue weighted by molar-refractivity contribution is 5.56. The normalized spacial score (nSPS) is 19.9. The van der Waals surface area contributed by atoms with Crippen molar-refractivity contribution in [3.8, 4) is 11.4 Å². The van der Waals surface area contributed by atoms with Crippen LogP contribution >= 0.6 is 0 Å². The van der Waals surface area contributed by atoms with Gasteiger partial charge in [-0.25, -0.2) is 15.0 Å². The van der Waals surface area contributed by atoms with E-state index in [0.717, 1.165) is 69.3 Å². The van der Waals surface area contributed by atoms with Crippen molar-refractivity contribution in [3.05, 3.63) is 24.3 Å². The molecule has 1 N–H and O–H groups in total. The highest BCUT2D eigenvalue weighted by atomic mass is 16.5. The molecule has 2 fully saturated rings. The van der Waals surface area contributed by atoms with Gasteiger partial charge in [0.15, 0.2) is 0 Å². The first-order valence-electron chi connectivity index (χ1n) is 9.10. The summed E-state index contributed by atoms with van der Waals surface area (Å²) >= 11 is 0. The number of anilines is 1. The van der Waals surface area contributed by atoms with Crippen LogP contribution in [-0.2, 0) is 9.47 Å². The second kappa shape index (κ2) is 7.49. The third kappa shape index (κ3) is 3.67. The van der Waals surface area contributed by atoms with Crippen LogP contribution in [0.3, 0.4) is 0 Å². The minimum Gasteiger partial charge on any atom is -0.381 e. The van der Waals surface area contributed by atoms with Crippen LogP contribution in [0.15, 0.2) is 18.5 Å². The Hall–Kier alpha value is -1.99. The van der Waals surface area contributed by atoms with Crippen LogP contribution in [0.2, 0.25) is 0 Å². The van der Waals surface area contributed by atoms with Gasteiger partial charge in [-0.1, -0.05) is 0 Å². The Kier molecular flexibility index (Phi) is 4.94. The fraction of sp³-hybridized carbons (Fsp3) is 0.611. The molecule has 2 aliphatic rings. The van der Waals surface area contributed by atoms with Crippen molar-refractivity contribution in [2.75, 3.05) is 31.7 Å². The Morgan fingerprint density at radius 3 is 2.52 bits per heavy atom. The molecule has 0 unspecified atom stereocenters. The number of nitrogens with one attached hydrogen (secondary N) is 1. The Morgan fingerprint density at radius 2 is 1.76 bits per heavy atom. The van der Waals surface area contributed by atoms with Crippen molar-refractivity contribution < 1.29 is 9.47 Å². The van der Waals surface area contributed by atoms with Gasteiger partial charge in [-0.15, -0.1) is 0 Å². The quantitative estimate of drug-likeness (QED) is 0.920. The minimum absolute atomic E-state index is 0.381. The minimum atomic E-state index is 0.381. The number of ether oxygens (including phenoxy) is 2. The lowest BCUT2D eigenvalue weighted by Gasteiger charge is -2.26. The molecule has 0 saturated carbocycles. The molecule has 2 aliphatic heterocycles. The summed E-state index contributed by atoms with van der Waals surface area (Å²) in [5.74, 6) is 1.71. The number of imidazole rings is 1. The van der Waals surface area contributed by atoms with E-state index in [9.17, 15) is 0 Å². The summed E-state index contributed by atoms with van der Waals surface area (Å²) in [6.07, 6.45) is 7.76. The third-order valence-corrected chi connectivity index (χ3v) is 5.01. The third-order valence-electron chi connectivity index (χ3n) is 5.01. The second-order valence-corrected chi connectivity index (χ2v) is 6.70. The number of rotatable bonds is 4. The van der Waals surface area contributed by atoms with E-state index in [1.54, 1.807) is 0 Å². The Bertz CT molecular complexity index is 705. The Labute approximate surface area is 147 Å². The van der Waals surface area contributed by atoms with Crippen molar-refractivity contribution in [3.63, 3.8) is 0 Å². The predicted octanol–water partition coefficient (Wildman–Crippen LogP) is 2.59. The van der Waals surface area contributed by atoms with Gasteiger partial charge in [0.1, 0.15) is 5.82 Å². The molecule has 4 rings (SSSR count). The molecule has 0 atom stereocenters. The van der Waals surface area contributed by atoms with E-state index in [1.165, 1.54) is 0 Å². The topological polar surface area (TPSA) is 74.1 Å². The summed E-state index contributed by atoms with van der Waals surface area (Å²) < 4.78 is 13.2. The van der Waals surface area contributed by atoms with Gasteiger partial charge in [-0.05, 0) is 38.7 Å². The van der Waals surface area contributed by atoms with Crippen LogP contribution in [0.25, 0.3) is 11.4 Å². The lowest BCUT2D eigenvalue weighted by atomic mass is 10.1. The maximum atomic E-state index is 5.51. The average Bonchev–Trinajstić information content (AvgIpc) is 3.05. The van der Waals surface area contributed by atoms with Crippen molar-refractivity contribution >= 4 is 5.95 Å². The highest BCUT2D eigenvalue weighted by Crippen LogP contribution is 2.29. The van der Waals surface area contributed by atoms with Gasteiger partial charge < -0.3 is 19.4 Å². The van der Waals surface area contributed by atoms with E-state index in [1.807, 2.05) is 18.5 Å². The summed E-state index contributed by atoms with van der Waals surface area (Å²) in [5, 5.41) is 3.44. The number of hydrogen-bond donors (Lipinski definition) is 1. The second-order valence-electron chi connectivity index (χ2n) is 6.70. The largest absolute Gasteiger partial charge is 0.381 e. The summed E-state index contributed by atoms with van der Waals surface area (Å²) in [6, 6.07) is 2.76. The zero-order valence-electron chi connectivity index (χ0n) is 14.6. The first kappa shape index (κ1) is 16.5. The molecule has 0 aliphatic carbocycles. The van der Waals surface area contributed by atoms with Crippen molar-refractivity contribution in [2.24, 2.45) is 0 Å². The van der Waals surface area contributed by atoms with Crippen molar-refractivity contribution in [1.82, 2.24) is 19.5 Å². The molecule has 0 bridgehead atoms. The molecule has 0 radical (unpaired) electrons. The molecule has 2 aromatic rings. The maximum Gasteiger partial charge on any atom is 0.223 e. The van der Waals surface area contributed by atoms with Gasteiger partial charge >= 0.3 is 0 Å². The Balaban J connectivity index is 1.58. The molecule has 134 valence electrons. The number of aromatic nitrogens is 4. The Morgan fingerprint density at radius 1 is 1.04 bits per heavy atom. The smallest absolute Gasteiger partial charge is 0.223 e. The average molecular weight is 343 g/mol. The van der Waals surface area contributed by atoms with E-state index < -0.39 is 0 Å². The van der Waals surface area contributed by atoms with E-state index in [4.69, 9.17) is 14.5 Å². The van der Waals surface area contributed by atoms with Gasteiger partial charge in [-0.3, -0.25) is 0 Å². The molecule has 7 nitrogen and oxygen atoms in total. The van der Waals surface area contributed by atoms with Gasteiger partial charge in [-0.2, -0.15) is 0 Å². The van der Waals surface area contributed by atoms with Gasteiger partial charge in [0.25, 0.3) is 0 Å². The fourth-order valence-corrected chi connectivity index (χ4v) is 3.64. The summed E-state index contributed by atoms with van der Waals surface area (Å²) in [6.45, 7) is 5.27. The first-order valence-corrected chi connectivity index (χ1v) is 9.10. The molecule has 25 heavy (non-hydrogen) atoms. The first-order chi connectivity index (χ1) is 12.3. The number of nitrogens with zero attached hydrogens (tertiary/aromatic N) is 4. The van der Waals surface area contributed by atoms with E-state index in [0.29, 0.717) is 18.0 Å². The molecule has 0 spiro atoms. The van der Waals surface area contributed by atoms with Crippen LogP contribution in [0.1, 0.15) is 37.5 Å².